The summed E-state index contributed by atoms with van der Waals surface area (Å²) < 4.78 is 7.33. The van der Waals surface area contributed by atoms with Gasteiger partial charge in [-0.1, -0.05) is 42.5 Å². The van der Waals surface area contributed by atoms with Crippen molar-refractivity contribution in [3.05, 3.63) is 88.3 Å². The zero-order chi connectivity index (χ0) is 19.8. The standard InChI is InChI=1S/C25H26N2O2/c1-29-22-9-7-18(8-10-22)14-26-15-19-13-21(17-26)25-23(20-5-3-2-4-6-20)11-12-24(28)27(25)16-19/h2-12,19,21H,13-17H2,1H3/t19-,21+/m0/s1. The van der Waals surface area contributed by atoms with Crippen molar-refractivity contribution >= 4 is 0 Å². The average molecular weight is 386 g/mol. The molecular weight excluding hydrogens is 360 g/mol. The highest BCUT2D eigenvalue weighted by Crippen LogP contribution is 2.40. The molecule has 2 aliphatic heterocycles. The number of hydrogen-bond acceptors (Lipinski definition) is 3. The summed E-state index contributed by atoms with van der Waals surface area (Å²) in [6.45, 7) is 3.80. The summed E-state index contributed by atoms with van der Waals surface area (Å²) in [5.41, 5.74) is 5.07. The highest BCUT2D eigenvalue weighted by Gasteiger charge is 2.36. The van der Waals surface area contributed by atoms with Crippen LogP contribution in [-0.4, -0.2) is 29.7 Å². The number of nitrogens with zero attached hydrogens (tertiary/aromatic N) is 2. The lowest BCUT2D eigenvalue weighted by atomic mass is 9.80. The predicted octanol–water partition coefficient (Wildman–Crippen LogP) is 4.14. The quantitative estimate of drug-likeness (QED) is 0.676. The van der Waals surface area contributed by atoms with Crippen molar-refractivity contribution in [2.24, 2.45) is 5.92 Å². The van der Waals surface area contributed by atoms with E-state index in [9.17, 15) is 4.79 Å². The van der Waals surface area contributed by atoms with Crippen LogP contribution in [0.4, 0.5) is 0 Å². The van der Waals surface area contributed by atoms with Crippen LogP contribution >= 0.6 is 0 Å². The number of benzene rings is 2. The Kier molecular flexibility index (Phi) is 4.72. The summed E-state index contributed by atoms with van der Waals surface area (Å²) in [7, 11) is 1.70. The normalized spacial score (nSPS) is 20.9. The molecule has 2 atom stereocenters. The van der Waals surface area contributed by atoms with Gasteiger partial charge in [-0.2, -0.15) is 0 Å². The number of rotatable bonds is 4. The summed E-state index contributed by atoms with van der Waals surface area (Å²) in [6.07, 6.45) is 1.17. The maximum Gasteiger partial charge on any atom is 0.250 e. The summed E-state index contributed by atoms with van der Waals surface area (Å²) >= 11 is 0. The second kappa shape index (κ2) is 7.53. The molecule has 0 spiro atoms. The molecule has 4 nitrogen and oxygen atoms in total. The van der Waals surface area contributed by atoms with Crippen LogP contribution in [0.5, 0.6) is 5.75 Å². The Morgan fingerprint density at radius 3 is 2.48 bits per heavy atom. The maximum atomic E-state index is 12.6. The Morgan fingerprint density at radius 2 is 1.72 bits per heavy atom. The van der Waals surface area contributed by atoms with Gasteiger partial charge in [0.2, 0.25) is 0 Å². The van der Waals surface area contributed by atoms with E-state index in [1.54, 1.807) is 13.2 Å². The third kappa shape index (κ3) is 3.49. The van der Waals surface area contributed by atoms with E-state index in [0.29, 0.717) is 11.8 Å². The molecule has 1 saturated heterocycles. The number of hydrogen-bond donors (Lipinski definition) is 0. The van der Waals surface area contributed by atoms with Gasteiger partial charge >= 0.3 is 0 Å². The van der Waals surface area contributed by atoms with Crippen LogP contribution < -0.4 is 10.3 Å². The zero-order valence-electron chi connectivity index (χ0n) is 16.8. The molecule has 1 fully saturated rings. The van der Waals surface area contributed by atoms with Crippen LogP contribution in [0.3, 0.4) is 0 Å². The fourth-order valence-electron chi connectivity index (χ4n) is 5.09. The van der Waals surface area contributed by atoms with Crippen molar-refractivity contribution < 1.29 is 4.74 Å². The Balaban J connectivity index is 1.46. The Hall–Kier alpha value is -2.85. The number of fused-ring (bicyclic) bond motifs is 4. The van der Waals surface area contributed by atoms with E-state index in [2.05, 4.69) is 41.3 Å². The summed E-state index contributed by atoms with van der Waals surface area (Å²) in [5, 5.41) is 0. The molecule has 0 amide bonds. The van der Waals surface area contributed by atoms with Gasteiger partial charge in [-0.15, -0.1) is 0 Å². The zero-order valence-corrected chi connectivity index (χ0v) is 16.8. The van der Waals surface area contributed by atoms with E-state index in [1.165, 1.54) is 28.8 Å². The van der Waals surface area contributed by atoms with Gasteiger partial charge in [0.1, 0.15) is 5.75 Å². The van der Waals surface area contributed by atoms with E-state index >= 15 is 0 Å². The van der Waals surface area contributed by atoms with Crippen LogP contribution in [0.1, 0.15) is 23.6 Å². The van der Waals surface area contributed by atoms with Crippen LogP contribution in [0, 0.1) is 5.92 Å². The van der Waals surface area contributed by atoms with Crippen molar-refractivity contribution in [1.82, 2.24) is 9.47 Å². The van der Waals surface area contributed by atoms with Crippen molar-refractivity contribution in [3.8, 4) is 16.9 Å². The summed E-state index contributed by atoms with van der Waals surface area (Å²) in [6, 6.07) is 22.6. The van der Waals surface area contributed by atoms with Gasteiger partial charge in [-0.25, -0.2) is 0 Å². The number of pyridine rings is 1. The Labute approximate surface area is 171 Å². The van der Waals surface area contributed by atoms with Crippen LogP contribution in [0.15, 0.2) is 71.5 Å². The molecule has 1 aromatic heterocycles. The minimum atomic E-state index is 0.137. The molecule has 0 unspecified atom stereocenters. The number of aromatic nitrogens is 1. The maximum absolute atomic E-state index is 12.6. The van der Waals surface area contributed by atoms with Crippen molar-refractivity contribution in [1.29, 1.82) is 0 Å². The van der Waals surface area contributed by atoms with Gasteiger partial charge in [0, 0.05) is 49.4 Å². The average Bonchev–Trinajstić information content (AvgIpc) is 2.75. The molecule has 0 radical (unpaired) electrons. The van der Waals surface area contributed by atoms with Gasteiger partial charge in [0.05, 0.1) is 7.11 Å². The minimum absolute atomic E-state index is 0.137. The largest absolute Gasteiger partial charge is 0.497 e. The Bertz CT molecular complexity index is 1060. The van der Waals surface area contributed by atoms with E-state index in [4.69, 9.17) is 4.74 Å². The van der Waals surface area contributed by atoms with Crippen molar-refractivity contribution in [2.75, 3.05) is 20.2 Å². The van der Waals surface area contributed by atoms with Crippen LogP contribution in [0.25, 0.3) is 11.1 Å². The molecular formula is C25H26N2O2. The SMILES string of the molecule is COc1ccc(CN2C[C@@H]3C[C@H](C2)c2c(-c4ccccc4)ccc(=O)n2C3)cc1. The fourth-order valence-corrected chi connectivity index (χ4v) is 5.09. The smallest absolute Gasteiger partial charge is 0.250 e. The number of piperidine rings is 1. The summed E-state index contributed by atoms with van der Waals surface area (Å²) in [4.78, 5) is 15.2. The van der Waals surface area contributed by atoms with E-state index in [1.807, 2.05) is 28.8 Å². The molecule has 0 saturated carbocycles. The fraction of sp³-hybridized carbons (Fsp3) is 0.320. The molecule has 0 aliphatic carbocycles. The first-order valence-electron chi connectivity index (χ1n) is 10.4. The van der Waals surface area contributed by atoms with Crippen LogP contribution in [-0.2, 0) is 13.1 Å². The molecule has 2 aliphatic rings. The first kappa shape index (κ1) is 18.2. The second-order valence-corrected chi connectivity index (χ2v) is 8.29. The topological polar surface area (TPSA) is 34.5 Å². The van der Waals surface area contributed by atoms with Gasteiger partial charge in [-0.3, -0.25) is 9.69 Å². The van der Waals surface area contributed by atoms with E-state index in [0.717, 1.165) is 31.9 Å². The molecule has 2 aromatic carbocycles. The molecule has 3 heterocycles. The van der Waals surface area contributed by atoms with Crippen molar-refractivity contribution in [2.45, 2.75) is 25.4 Å². The van der Waals surface area contributed by atoms with Gasteiger partial charge < -0.3 is 9.30 Å². The molecule has 148 valence electrons. The molecule has 3 aromatic rings. The first-order valence-corrected chi connectivity index (χ1v) is 10.4. The predicted molar refractivity (Wildman–Crippen MR) is 115 cm³/mol. The highest BCUT2D eigenvalue weighted by atomic mass is 16.5. The van der Waals surface area contributed by atoms with Crippen molar-refractivity contribution in [3.63, 3.8) is 0 Å². The van der Waals surface area contributed by atoms with E-state index < -0.39 is 0 Å². The second-order valence-electron chi connectivity index (χ2n) is 8.29. The number of methoxy groups -OCH3 is 1. The lowest BCUT2D eigenvalue weighted by Gasteiger charge is -2.43. The van der Waals surface area contributed by atoms with Crippen LogP contribution in [0.2, 0.25) is 0 Å². The number of ether oxygens (including phenoxy) is 1. The summed E-state index contributed by atoms with van der Waals surface area (Å²) in [5.74, 6) is 1.82. The third-order valence-electron chi connectivity index (χ3n) is 6.32. The minimum Gasteiger partial charge on any atom is -0.497 e. The molecule has 0 N–H and O–H groups in total. The molecule has 5 rings (SSSR count). The number of likely N-dealkylation sites (tertiary alicyclic amines) is 1. The third-order valence-corrected chi connectivity index (χ3v) is 6.32. The monoisotopic (exact) mass is 386 g/mol. The molecule has 2 bridgehead atoms. The first-order chi connectivity index (χ1) is 14.2. The van der Waals surface area contributed by atoms with Gasteiger partial charge in [0.15, 0.2) is 0 Å². The highest BCUT2D eigenvalue weighted by molar-refractivity contribution is 5.67. The lowest BCUT2D eigenvalue weighted by Crippen LogP contribution is -2.47. The van der Waals surface area contributed by atoms with Gasteiger partial charge in [0.25, 0.3) is 5.56 Å². The Morgan fingerprint density at radius 1 is 0.931 bits per heavy atom. The van der Waals surface area contributed by atoms with Gasteiger partial charge in [-0.05, 0) is 41.7 Å². The van der Waals surface area contributed by atoms with E-state index in [-0.39, 0.29) is 5.56 Å². The molecule has 4 heteroatoms. The molecule has 29 heavy (non-hydrogen) atoms. The lowest BCUT2D eigenvalue weighted by molar-refractivity contribution is 0.115.